The van der Waals surface area contributed by atoms with Crippen molar-refractivity contribution in [2.75, 3.05) is 26.3 Å². The van der Waals surface area contributed by atoms with Crippen molar-refractivity contribution < 1.29 is 56.2 Å². The van der Waals surface area contributed by atoms with Crippen molar-refractivity contribution in [3.8, 4) is 0 Å². The smallest absolute Gasteiger partial charge is 0.433 e. The first-order chi connectivity index (χ1) is 24.9. The predicted molar refractivity (Wildman–Crippen MR) is 200 cm³/mol. The van der Waals surface area contributed by atoms with Gasteiger partial charge in [-0.15, -0.1) is 0 Å². The highest BCUT2D eigenvalue weighted by Crippen LogP contribution is 2.27. The maximum absolute atomic E-state index is 12.0. The van der Waals surface area contributed by atoms with Crippen LogP contribution in [0.5, 0.6) is 0 Å². The molecule has 0 saturated carbocycles. The Hall–Kier alpha value is -4.37. The van der Waals surface area contributed by atoms with Crippen LogP contribution in [0.3, 0.4) is 0 Å². The van der Waals surface area contributed by atoms with E-state index in [1.54, 1.807) is 27.7 Å². The minimum atomic E-state index is -4.49. The molecule has 0 radical (unpaired) electrons. The number of carbonyl (C=O) groups excluding carboxylic acids is 5. The number of amides is 3. The molecule has 0 fully saturated rings. The fraction of sp³-hybridized carbons (Fsp3) is 0.684. The van der Waals surface area contributed by atoms with Gasteiger partial charge in [0.25, 0.3) is 0 Å². The molecule has 0 aromatic heterocycles. The summed E-state index contributed by atoms with van der Waals surface area (Å²) in [6.45, 7) is 21.8. The zero-order valence-corrected chi connectivity index (χ0v) is 34.1. The third kappa shape index (κ3) is 23.3. The monoisotopic (exact) mass is 776 g/mol. The van der Waals surface area contributed by atoms with Crippen molar-refractivity contribution in [3.63, 3.8) is 0 Å². The second kappa shape index (κ2) is 25.6. The molecule has 1 rings (SSSR count). The average molecular weight is 777 g/mol. The highest BCUT2D eigenvalue weighted by molar-refractivity contribution is 5.82. The first-order valence-electron chi connectivity index (χ1n) is 18.1. The lowest BCUT2D eigenvalue weighted by molar-refractivity contribution is -0.221. The Morgan fingerprint density at radius 2 is 1.15 bits per heavy atom. The Balaban J connectivity index is 0. The van der Waals surface area contributed by atoms with Crippen LogP contribution in [0.4, 0.5) is 22.8 Å². The van der Waals surface area contributed by atoms with E-state index in [4.69, 9.17) is 9.47 Å². The first kappa shape index (κ1) is 51.7. The lowest BCUT2D eigenvalue weighted by Gasteiger charge is -2.24. The van der Waals surface area contributed by atoms with E-state index in [9.17, 15) is 37.1 Å². The number of benzene rings is 1. The van der Waals surface area contributed by atoms with Gasteiger partial charge < -0.3 is 30.2 Å². The Kier molecular flexibility index (Phi) is 24.5. The maximum atomic E-state index is 12.0. The topological polar surface area (TPSA) is 171 Å². The molecule has 0 bridgehead atoms. The summed E-state index contributed by atoms with van der Waals surface area (Å²) in [5, 5.41) is 11.4. The standard InChI is InChI=1S/C16H24N2O3.C13H24N2O4.C9H15F3O2/c1-4-16(2,3)14(19)21-11-10-17-15(20)18-12-13-8-6-5-7-9-13;1-6-10(3)15-19-12(17)14-8-9-18-11(16)13(4,5)7-2;1-5-8(3,4)7(13)14-6(2)9(10,11)12/h5-9H,4,10-12H2,1-3H3,(H2,17,18,20);6-9H2,1-5H3,(H,14,17);6H,5H2,1-4H3/b;15-10-;. The van der Waals surface area contributed by atoms with E-state index < -0.39 is 40.6 Å². The Morgan fingerprint density at radius 3 is 1.57 bits per heavy atom. The van der Waals surface area contributed by atoms with Gasteiger partial charge in [0.15, 0.2) is 6.10 Å². The van der Waals surface area contributed by atoms with Gasteiger partial charge in [-0.3, -0.25) is 19.2 Å². The van der Waals surface area contributed by atoms with Crippen molar-refractivity contribution in [3.05, 3.63) is 35.9 Å². The molecule has 1 aromatic rings. The molecule has 0 aliphatic rings. The van der Waals surface area contributed by atoms with Crippen molar-refractivity contribution in [2.45, 2.75) is 128 Å². The summed E-state index contributed by atoms with van der Waals surface area (Å²) in [6, 6.07) is 9.37. The van der Waals surface area contributed by atoms with Gasteiger partial charge in [-0.1, -0.05) is 63.2 Å². The molecule has 0 aliphatic heterocycles. The van der Waals surface area contributed by atoms with Gasteiger partial charge in [0.1, 0.15) is 13.2 Å². The number of hydrogen-bond acceptors (Lipinski definition) is 10. The number of urea groups is 1. The van der Waals surface area contributed by atoms with Crippen molar-refractivity contribution in [1.29, 1.82) is 0 Å². The van der Waals surface area contributed by atoms with Gasteiger partial charge in [-0.05, 0) is 86.6 Å². The number of carbonyl (C=O) groups is 5. The summed E-state index contributed by atoms with van der Waals surface area (Å²) < 4.78 is 50.6. The number of hydrogen-bond donors (Lipinski definition) is 3. The van der Waals surface area contributed by atoms with Crippen molar-refractivity contribution in [2.24, 2.45) is 21.4 Å². The summed E-state index contributed by atoms with van der Waals surface area (Å²) in [7, 11) is 0. The van der Waals surface area contributed by atoms with Crippen LogP contribution in [0.15, 0.2) is 35.5 Å². The number of esters is 3. The molecule has 0 saturated heterocycles. The molecule has 54 heavy (non-hydrogen) atoms. The molecule has 1 unspecified atom stereocenters. The SMILES string of the molecule is CC/C(C)=N\OC(=O)NCCOC(=O)C(C)(C)CC.CCC(C)(C)C(=O)OC(C)C(F)(F)F.CCC(C)(C)C(=O)OCCNC(=O)NCc1ccccc1. The van der Waals surface area contributed by atoms with Crippen LogP contribution in [-0.4, -0.2) is 74.3 Å². The number of alkyl halides is 3. The highest BCUT2D eigenvalue weighted by Gasteiger charge is 2.41. The maximum Gasteiger partial charge on any atom is 0.433 e. The number of ether oxygens (including phenoxy) is 3. The fourth-order valence-corrected chi connectivity index (χ4v) is 2.87. The second-order valence-corrected chi connectivity index (χ2v) is 14.2. The largest absolute Gasteiger partial charge is 0.463 e. The first-order valence-corrected chi connectivity index (χ1v) is 18.1. The molecule has 0 heterocycles. The molecule has 1 atom stereocenters. The van der Waals surface area contributed by atoms with Gasteiger partial charge >= 0.3 is 36.2 Å². The average Bonchev–Trinajstić information content (AvgIpc) is 3.13. The van der Waals surface area contributed by atoms with Crippen LogP contribution < -0.4 is 16.0 Å². The van der Waals surface area contributed by atoms with Crippen molar-refractivity contribution >= 4 is 35.7 Å². The molecular weight excluding hydrogens is 713 g/mol. The number of halogens is 3. The van der Waals surface area contributed by atoms with Crippen LogP contribution in [0.25, 0.3) is 0 Å². The minimum absolute atomic E-state index is 0.119. The number of nitrogens with one attached hydrogen (secondary N) is 3. The van der Waals surface area contributed by atoms with E-state index >= 15 is 0 Å². The minimum Gasteiger partial charge on any atom is -0.463 e. The summed E-state index contributed by atoms with van der Waals surface area (Å²) >= 11 is 0. The quantitative estimate of drug-likeness (QED) is 0.0356. The molecule has 0 spiro atoms. The van der Waals surface area contributed by atoms with Crippen LogP contribution in [-0.2, 0) is 40.0 Å². The highest BCUT2D eigenvalue weighted by atomic mass is 19.4. The van der Waals surface area contributed by atoms with Crippen LogP contribution in [0.1, 0.15) is 114 Å². The van der Waals surface area contributed by atoms with Crippen LogP contribution in [0.2, 0.25) is 0 Å². The Bertz CT molecular complexity index is 1320. The summed E-state index contributed by atoms with van der Waals surface area (Å²) in [5.74, 6) is -1.33. The zero-order chi connectivity index (χ0) is 42.2. The molecule has 16 heteroatoms. The molecule has 310 valence electrons. The number of nitrogens with zero attached hydrogens (tertiary/aromatic N) is 1. The van der Waals surface area contributed by atoms with Gasteiger partial charge in [-0.25, -0.2) is 9.59 Å². The van der Waals surface area contributed by atoms with Crippen LogP contribution in [0, 0.1) is 16.2 Å². The van der Waals surface area contributed by atoms with Gasteiger partial charge in [0.05, 0.1) is 35.0 Å². The molecule has 3 N–H and O–H groups in total. The van der Waals surface area contributed by atoms with E-state index in [0.717, 1.165) is 31.0 Å². The van der Waals surface area contributed by atoms with E-state index in [2.05, 4.69) is 30.7 Å². The third-order valence-electron chi connectivity index (χ3n) is 8.37. The lowest BCUT2D eigenvalue weighted by atomic mass is 9.90. The van der Waals surface area contributed by atoms with Gasteiger partial charge in [-0.2, -0.15) is 13.2 Å². The summed E-state index contributed by atoms with van der Waals surface area (Å²) in [5.41, 5.74) is -0.0759. The number of rotatable bonds is 17. The number of oxime groups is 1. The van der Waals surface area contributed by atoms with E-state index in [-0.39, 0.29) is 37.7 Å². The van der Waals surface area contributed by atoms with Gasteiger partial charge in [0.2, 0.25) is 0 Å². The van der Waals surface area contributed by atoms with E-state index in [1.807, 2.05) is 78.8 Å². The summed E-state index contributed by atoms with van der Waals surface area (Å²) in [6.07, 6.45) is -4.60. The van der Waals surface area contributed by atoms with E-state index in [0.29, 0.717) is 25.9 Å². The molecular formula is C38H63F3N4O9. The van der Waals surface area contributed by atoms with E-state index in [1.165, 1.54) is 0 Å². The van der Waals surface area contributed by atoms with Crippen molar-refractivity contribution in [1.82, 2.24) is 16.0 Å². The normalized spacial score (nSPS) is 12.3. The summed E-state index contributed by atoms with van der Waals surface area (Å²) in [4.78, 5) is 61.9. The lowest BCUT2D eigenvalue weighted by Crippen LogP contribution is -2.37. The molecule has 3 amide bonds. The molecule has 0 aliphatic carbocycles. The predicted octanol–water partition coefficient (Wildman–Crippen LogP) is 7.86. The second-order valence-electron chi connectivity index (χ2n) is 14.2. The van der Waals surface area contributed by atoms with Crippen LogP contribution >= 0.6 is 0 Å². The zero-order valence-electron chi connectivity index (χ0n) is 34.1. The third-order valence-corrected chi connectivity index (χ3v) is 8.37. The van der Waals surface area contributed by atoms with Gasteiger partial charge in [0, 0.05) is 6.54 Å². The molecule has 13 nitrogen and oxygen atoms in total. The Labute approximate surface area is 318 Å². The Morgan fingerprint density at radius 1 is 0.704 bits per heavy atom. The molecule has 1 aromatic carbocycles. The fourth-order valence-electron chi connectivity index (χ4n) is 2.87.